The van der Waals surface area contributed by atoms with Gasteiger partial charge in [-0.1, -0.05) is 65.7 Å². The van der Waals surface area contributed by atoms with E-state index in [9.17, 15) is 4.79 Å². The van der Waals surface area contributed by atoms with E-state index in [4.69, 9.17) is 23.2 Å². The molecular formula is C25H20Cl2N4O. The van der Waals surface area contributed by atoms with Gasteiger partial charge in [0.25, 0.3) is 5.91 Å². The van der Waals surface area contributed by atoms with Crippen molar-refractivity contribution in [3.8, 4) is 0 Å². The van der Waals surface area contributed by atoms with E-state index in [0.29, 0.717) is 16.5 Å². The highest BCUT2D eigenvalue weighted by atomic mass is 35.5. The molecule has 160 valence electrons. The highest BCUT2D eigenvalue weighted by molar-refractivity contribution is 6.30. The zero-order valence-corrected chi connectivity index (χ0v) is 18.5. The average molecular weight is 463 g/mol. The van der Waals surface area contributed by atoms with E-state index >= 15 is 0 Å². The molecule has 0 spiro atoms. The van der Waals surface area contributed by atoms with E-state index in [0.717, 1.165) is 33.3 Å². The van der Waals surface area contributed by atoms with E-state index in [2.05, 4.69) is 33.0 Å². The first kappa shape index (κ1) is 20.8. The van der Waals surface area contributed by atoms with Crippen LogP contribution in [0.1, 0.15) is 28.4 Å². The smallest absolute Gasteiger partial charge is 0.257 e. The minimum absolute atomic E-state index is 0.167. The number of aromatic amines is 1. The first-order valence-electron chi connectivity index (χ1n) is 10.3. The number of H-pyrrole nitrogens is 1. The standard InChI is InChI=1S/C25H20Cl2N4O/c26-17-9-5-15(6-10-17)14-28-31-25(32)22-13-20-19-3-1-2-4-21(19)29-24(20)23(30-22)16-7-11-18(27)12-8-16/h1-12,14,22-23,29-30H,13H2,(H,31,32)/b28-14+/t22-,23+/m0/s1. The molecule has 0 radical (unpaired) electrons. The van der Waals surface area contributed by atoms with Gasteiger partial charge in [0, 0.05) is 26.6 Å². The highest BCUT2D eigenvalue weighted by Gasteiger charge is 2.33. The number of halogens is 2. The van der Waals surface area contributed by atoms with Gasteiger partial charge in [0.15, 0.2) is 0 Å². The second kappa shape index (κ2) is 8.79. The Labute approximate surface area is 195 Å². The normalized spacial score (nSPS) is 18.1. The maximum absolute atomic E-state index is 13.0. The molecule has 1 aromatic heterocycles. The number of hydrogen-bond donors (Lipinski definition) is 3. The minimum Gasteiger partial charge on any atom is -0.357 e. The number of carbonyl (C=O) groups is 1. The second-order valence-corrected chi connectivity index (χ2v) is 8.63. The third kappa shape index (κ3) is 4.15. The van der Waals surface area contributed by atoms with Crippen LogP contribution in [-0.2, 0) is 11.2 Å². The molecular weight excluding hydrogens is 443 g/mol. The Hall–Kier alpha value is -3.12. The molecule has 3 N–H and O–H groups in total. The van der Waals surface area contributed by atoms with Gasteiger partial charge in [0.05, 0.1) is 18.3 Å². The van der Waals surface area contributed by atoms with Crippen molar-refractivity contribution in [2.75, 3.05) is 0 Å². The molecule has 0 unspecified atom stereocenters. The zero-order chi connectivity index (χ0) is 22.1. The summed E-state index contributed by atoms with van der Waals surface area (Å²) in [5, 5.41) is 10.1. The van der Waals surface area contributed by atoms with Gasteiger partial charge in [-0.05, 0) is 53.4 Å². The van der Waals surface area contributed by atoms with Crippen LogP contribution in [0.2, 0.25) is 10.0 Å². The van der Waals surface area contributed by atoms with Gasteiger partial charge in [0.1, 0.15) is 0 Å². The van der Waals surface area contributed by atoms with Crippen molar-refractivity contribution < 1.29 is 4.79 Å². The molecule has 2 heterocycles. The quantitative estimate of drug-likeness (QED) is 0.287. The number of aromatic nitrogens is 1. The maximum atomic E-state index is 13.0. The van der Waals surface area contributed by atoms with Gasteiger partial charge in [-0.25, -0.2) is 5.43 Å². The number of para-hydroxylation sites is 1. The molecule has 7 heteroatoms. The number of benzene rings is 3. The van der Waals surface area contributed by atoms with E-state index < -0.39 is 6.04 Å². The van der Waals surface area contributed by atoms with Crippen molar-refractivity contribution >= 4 is 46.2 Å². The monoisotopic (exact) mass is 462 g/mol. The fraction of sp³-hybridized carbons (Fsp3) is 0.120. The molecule has 32 heavy (non-hydrogen) atoms. The van der Waals surface area contributed by atoms with Crippen LogP contribution >= 0.6 is 23.2 Å². The molecule has 3 aromatic carbocycles. The molecule has 2 atom stereocenters. The molecule has 0 aliphatic carbocycles. The number of fused-ring (bicyclic) bond motifs is 3. The number of carbonyl (C=O) groups excluding carboxylic acids is 1. The van der Waals surface area contributed by atoms with Crippen molar-refractivity contribution in [2.24, 2.45) is 5.10 Å². The summed E-state index contributed by atoms with van der Waals surface area (Å²) in [5.41, 5.74) is 7.82. The van der Waals surface area contributed by atoms with Crippen molar-refractivity contribution in [3.05, 3.63) is 105 Å². The summed E-state index contributed by atoms with van der Waals surface area (Å²) in [4.78, 5) is 16.5. The number of hydrogen-bond acceptors (Lipinski definition) is 3. The lowest BCUT2D eigenvalue weighted by molar-refractivity contribution is -0.123. The lowest BCUT2D eigenvalue weighted by atomic mass is 9.90. The molecule has 0 fully saturated rings. The Morgan fingerprint density at radius 1 is 0.969 bits per heavy atom. The largest absolute Gasteiger partial charge is 0.357 e. The number of hydrazone groups is 1. The molecule has 1 amide bonds. The number of nitrogens with zero attached hydrogens (tertiary/aromatic N) is 1. The fourth-order valence-corrected chi connectivity index (χ4v) is 4.37. The third-order valence-electron chi connectivity index (χ3n) is 5.69. The molecule has 0 saturated carbocycles. The summed E-state index contributed by atoms with van der Waals surface area (Å²) >= 11 is 12.0. The van der Waals surface area contributed by atoms with Crippen LogP contribution in [-0.4, -0.2) is 23.1 Å². The first-order valence-corrected chi connectivity index (χ1v) is 11.0. The van der Waals surface area contributed by atoms with Crippen LogP contribution in [0.4, 0.5) is 0 Å². The summed E-state index contributed by atoms with van der Waals surface area (Å²) in [5.74, 6) is -0.190. The Bertz CT molecular complexity index is 1300. The van der Waals surface area contributed by atoms with Gasteiger partial charge in [0.2, 0.25) is 0 Å². The van der Waals surface area contributed by atoms with Crippen LogP contribution in [0.3, 0.4) is 0 Å². The summed E-state index contributed by atoms with van der Waals surface area (Å²) < 4.78 is 0. The second-order valence-electron chi connectivity index (χ2n) is 7.76. The minimum atomic E-state index is -0.440. The van der Waals surface area contributed by atoms with E-state index in [-0.39, 0.29) is 11.9 Å². The molecule has 5 rings (SSSR count). The van der Waals surface area contributed by atoms with Crippen LogP contribution in [0.5, 0.6) is 0 Å². The van der Waals surface area contributed by atoms with Gasteiger partial charge in [-0.2, -0.15) is 5.10 Å². The lowest BCUT2D eigenvalue weighted by Gasteiger charge is -2.30. The van der Waals surface area contributed by atoms with Gasteiger partial charge < -0.3 is 4.98 Å². The van der Waals surface area contributed by atoms with E-state index in [1.807, 2.05) is 48.5 Å². The van der Waals surface area contributed by atoms with Crippen LogP contribution in [0, 0.1) is 0 Å². The Morgan fingerprint density at radius 3 is 2.41 bits per heavy atom. The molecule has 1 aliphatic rings. The lowest BCUT2D eigenvalue weighted by Crippen LogP contribution is -2.48. The maximum Gasteiger partial charge on any atom is 0.257 e. The van der Waals surface area contributed by atoms with Crippen molar-refractivity contribution in [1.29, 1.82) is 0 Å². The van der Waals surface area contributed by atoms with Gasteiger partial charge >= 0.3 is 0 Å². The summed E-state index contributed by atoms with van der Waals surface area (Å²) in [6, 6.07) is 22.5. The number of rotatable bonds is 4. The Kier molecular flexibility index (Phi) is 5.70. The van der Waals surface area contributed by atoms with E-state index in [1.165, 1.54) is 0 Å². The molecule has 0 saturated heterocycles. The Balaban J connectivity index is 1.43. The SMILES string of the molecule is O=C(N/N=C/c1ccc(Cl)cc1)[C@@H]1Cc2c([nH]c3ccccc23)[C@@H](c2ccc(Cl)cc2)N1. The predicted molar refractivity (Wildman–Crippen MR) is 129 cm³/mol. The third-order valence-corrected chi connectivity index (χ3v) is 6.19. The molecule has 5 nitrogen and oxygen atoms in total. The summed E-state index contributed by atoms with van der Waals surface area (Å²) in [7, 11) is 0. The number of amides is 1. The molecule has 4 aromatic rings. The first-order chi connectivity index (χ1) is 15.6. The fourth-order valence-electron chi connectivity index (χ4n) is 4.12. The van der Waals surface area contributed by atoms with Crippen LogP contribution in [0.15, 0.2) is 77.9 Å². The van der Waals surface area contributed by atoms with Gasteiger partial charge in [-0.15, -0.1) is 0 Å². The topological polar surface area (TPSA) is 69.3 Å². The van der Waals surface area contributed by atoms with Gasteiger partial charge in [-0.3, -0.25) is 10.1 Å². The summed E-state index contributed by atoms with van der Waals surface area (Å²) in [6.07, 6.45) is 2.16. The molecule has 1 aliphatic heterocycles. The van der Waals surface area contributed by atoms with Crippen molar-refractivity contribution in [3.63, 3.8) is 0 Å². The average Bonchev–Trinajstić information content (AvgIpc) is 3.19. The Morgan fingerprint density at radius 2 is 1.66 bits per heavy atom. The zero-order valence-electron chi connectivity index (χ0n) is 17.0. The van der Waals surface area contributed by atoms with Crippen LogP contribution < -0.4 is 10.7 Å². The van der Waals surface area contributed by atoms with Crippen molar-refractivity contribution in [1.82, 2.24) is 15.7 Å². The molecule has 0 bridgehead atoms. The number of nitrogens with one attached hydrogen (secondary N) is 3. The van der Waals surface area contributed by atoms with Crippen molar-refractivity contribution in [2.45, 2.75) is 18.5 Å². The highest BCUT2D eigenvalue weighted by Crippen LogP contribution is 2.35. The van der Waals surface area contributed by atoms with E-state index in [1.54, 1.807) is 18.3 Å². The van der Waals surface area contributed by atoms with Crippen LogP contribution in [0.25, 0.3) is 10.9 Å². The summed E-state index contributed by atoms with van der Waals surface area (Å²) in [6.45, 7) is 0. The predicted octanol–water partition coefficient (Wildman–Crippen LogP) is 5.23.